The Morgan fingerprint density at radius 2 is 0.920 bits per heavy atom. The minimum absolute atomic E-state index is 0. The molecule has 88 heavy (non-hydrogen) atoms. The van der Waals surface area contributed by atoms with E-state index in [1.165, 1.54) is 17.7 Å². The van der Waals surface area contributed by atoms with Crippen LogP contribution in [-0.4, -0.2) is 107 Å². The first-order chi connectivity index (χ1) is 42.4. The van der Waals surface area contributed by atoms with E-state index in [9.17, 15) is 24.0 Å². The van der Waals surface area contributed by atoms with E-state index in [4.69, 9.17) is 30.8 Å². The number of H-pyrrole nitrogens is 1. The summed E-state index contributed by atoms with van der Waals surface area (Å²) in [5, 5.41) is 27.5. The Balaban J connectivity index is 0.000000241. The van der Waals surface area contributed by atoms with Gasteiger partial charge >= 0.3 is 23.9 Å². The molecule has 0 radical (unpaired) electrons. The first-order valence-electron chi connectivity index (χ1n) is 26.9. The van der Waals surface area contributed by atoms with Crippen LogP contribution in [0.25, 0.3) is 54.5 Å². The monoisotopic (exact) mass is 1190 g/mol. The first kappa shape index (κ1) is 68.7. The number of fused-ring (bicyclic) bond motifs is 1. The van der Waals surface area contributed by atoms with Crippen LogP contribution < -0.4 is 0 Å². The molecule has 0 unspecified atom stereocenters. The molecule has 0 aliphatic rings. The van der Waals surface area contributed by atoms with E-state index in [1.807, 2.05) is 126 Å². The van der Waals surface area contributed by atoms with Gasteiger partial charge in [-0.15, -0.1) is 0 Å². The van der Waals surface area contributed by atoms with Gasteiger partial charge in [-0.3, -0.25) is 23.6 Å². The third kappa shape index (κ3) is 24.2. The lowest BCUT2D eigenvalue weighted by Gasteiger charge is -2.02. The third-order valence-corrected chi connectivity index (χ3v) is 11.2. The van der Waals surface area contributed by atoms with Crippen molar-refractivity contribution in [2.24, 2.45) is 15.3 Å². The van der Waals surface area contributed by atoms with Crippen LogP contribution in [0.2, 0.25) is 0 Å². The Labute approximate surface area is 506 Å². The van der Waals surface area contributed by atoms with Crippen LogP contribution in [0.1, 0.15) is 89.3 Å². The number of aromatic nitrogens is 9. The molecule has 0 bridgehead atoms. The summed E-state index contributed by atoms with van der Waals surface area (Å²) in [6.45, 7) is 10.3. The van der Waals surface area contributed by atoms with Gasteiger partial charge in [-0.2, -0.15) is 20.4 Å². The number of hydrogen-bond acceptors (Lipinski definition) is 16. The van der Waals surface area contributed by atoms with Gasteiger partial charge in [0, 0.05) is 49.8 Å². The molecule has 27 heteroatoms. The van der Waals surface area contributed by atoms with Crippen LogP contribution in [0.3, 0.4) is 0 Å². The number of ether oxygens (including phenoxy) is 4. The molecule has 0 saturated heterocycles. The highest BCUT2D eigenvalue weighted by atomic mass is 16.5. The van der Waals surface area contributed by atoms with Gasteiger partial charge in [-0.1, -0.05) is 144 Å². The summed E-state index contributed by atoms with van der Waals surface area (Å²) in [6.07, 6.45) is 15.5. The standard InChI is InChI=1S/2C15H15N5O2.C15H15N3O2.C11H10N2O.C4H7N3O2.CH4/c2*1-2-22-15(21)14(18-19-16)8-13-9-17-20(11-13)10-12-6-4-3-5-7-12;1-2-20-15(19)13-8-12-9-16-18(14(12)17-13)10-11-6-4-3-5-7-11;14-9-11-6-12-13(8-11)7-10-4-2-1-3-5-10;1-2-9-4(8)3-6-7-5;/h2*3-9,11H,2,10H2,1H3;3-9,17H,2,10H2,1H3;1-6,8-9H,7H2;2-3H2,1H3;1H4/b2*14-8-;;;;. The summed E-state index contributed by atoms with van der Waals surface area (Å²) in [6, 6.07) is 41.6. The van der Waals surface area contributed by atoms with Crippen LogP contribution in [-0.2, 0) is 59.5 Å². The Morgan fingerprint density at radius 3 is 1.30 bits per heavy atom. The van der Waals surface area contributed by atoms with E-state index < -0.39 is 17.9 Å². The zero-order valence-corrected chi connectivity index (χ0v) is 48.0. The number of aromatic amines is 1. The molecular weight excluding hydrogens is 1130 g/mol. The summed E-state index contributed by atoms with van der Waals surface area (Å²) in [4.78, 5) is 66.5. The Hall–Kier alpha value is -11.8. The quantitative estimate of drug-likeness (QED) is 0.0126. The summed E-state index contributed by atoms with van der Waals surface area (Å²) in [5.41, 5.74) is 32.4. The summed E-state index contributed by atoms with van der Waals surface area (Å²) in [7, 11) is 0. The molecule has 0 atom stereocenters. The molecule has 0 saturated carbocycles. The third-order valence-electron chi connectivity index (χ3n) is 11.2. The number of carbonyl (C=O) groups excluding carboxylic acids is 5. The number of nitrogens with zero attached hydrogens (tertiary/aromatic N) is 17. The molecule has 5 heterocycles. The lowest BCUT2D eigenvalue weighted by Crippen LogP contribution is -2.06. The normalized spacial score (nSPS) is 10.3. The number of nitrogens with one attached hydrogen (secondary N) is 1. The molecule has 0 fully saturated rings. The second kappa shape index (κ2) is 38.9. The van der Waals surface area contributed by atoms with Crippen molar-refractivity contribution in [1.82, 2.24) is 44.1 Å². The van der Waals surface area contributed by atoms with Gasteiger partial charge in [0.05, 0.1) is 83.0 Å². The Morgan fingerprint density at radius 1 is 0.523 bits per heavy atom. The highest BCUT2D eigenvalue weighted by Gasteiger charge is 2.15. The van der Waals surface area contributed by atoms with Gasteiger partial charge in [0.25, 0.3) is 0 Å². The molecule has 5 aromatic heterocycles. The minimum atomic E-state index is -0.656. The maximum atomic E-state index is 11.7. The molecule has 454 valence electrons. The molecule has 0 aliphatic carbocycles. The smallest absolute Gasteiger partial charge is 0.354 e. The highest BCUT2D eigenvalue weighted by molar-refractivity contribution is 5.94. The van der Waals surface area contributed by atoms with Gasteiger partial charge in [-0.05, 0) is 84.8 Å². The molecule has 9 aromatic rings. The number of azide groups is 3. The predicted octanol–water partition coefficient (Wildman–Crippen LogP) is 12.1. The molecule has 27 nitrogen and oxygen atoms in total. The van der Waals surface area contributed by atoms with Gasteiger partial charge in [0.2, 0.25) is 0 Å². The lowest BCUT2D eigenvalue weighted by molar-refractivity contribution is -0.141. The van der Waals surface area contributed by atoms with Crippen molar-refractivity contribution in [3.63, 3.8) is 0 Å². The summed E-state index contributed by atoms with van der Waals surface area (Å²) in [5.74, 6) is -2.14. The van der Waals surface area contributed by atoms with E-state index in [2.05, 4.69) is 60.2 Å². The van der Waals surface area contributed by atoms with Crippen molar-refractivity contribution in [3.8, 4) is 0 Å². The van der Waals surface area contributed by atoms with Crippen molar-refractivity contribution >= 4 is 53.3 Å². The van der Waals surface area contributed by atoms with E-state index in [1.54, 1.807) is 91.2 Å². The summed E-state index contributed by atoms with van der Waals surface area (Å²) >= 11 is 0. The average Bonchev–Trinajstić information content (AvgIpc) is 2.46. The van der Waals surface area contributed by atoms with Crippen LogP contribution in [0.4, 0.5) is 0 Å². The fourth-order valence-electron chi connectivity index (χ4n) is 7.45. The number of esters is 4. The van der Waals surface area contributed by atoms with E-state index >= 15 is 0 Å². The van der Waals surface area contributed by atoms with Crippen LogP contribution in [0.15, 0.2) is 198 Å². The minimum Gasteiger partial charge on any atom is -0.466 e. The SMILES string of the molecule is C.CCOC(=O)/C(=C/c1cnn(Cc2ccccc2)c1)N=[N+]=[N-].CCOC(=O)/C(=C/c1cnn(Cc2ccccc2)c1)N=[N+]=[N-].CCOC(=O)CN=[N+]=[N-].CCOC(=O)c1cc2cnn(Cc3ccccc3)c2[nH]1.O=Cc1cnn(Cc2ccccc2)c1. The van der Waals surface area contributed by atoms with Crippen molar-refractivity contribution in [1.29, 1.82) is 0 Å². The summed E-state index contributed by atoms with van der Waals surface area (Å²) < 4.78 is 26.2. The molecule has 0 amide bonds. The topological polar surface area (TPSA) is 356 Å². The molecule has 1 N–H and O–H groups in total. The maximum Gasteiger partial charge on any atom is 0.354 e. The molecule has 9 rings (SSSR count). The van der Waals surface area contributed by atoms with E-state index in [0.29, 0.717) is 61.8 Å². The number of hydrogen-bond donors (Lipinski definition) is 1. The predicted molar refractivity (Wildman–Crippen MR) is 329 cm³/mol. The number of benzene rings is 4. The molecule has 0 spiro atoms. The van der Waals surface area contributed by atoms with Crippen molar-refractivity contribution in [3.05, 3.63) is 258 Å². The van der Waals surface area contributed by atoms with Crippen molar-refractivity contribution in [2.45, 2.75) is 61.3 Å². The molecule has 4 aromatic carbocycles. The zero-order valence-electron chi connectivity index (χ0n) is 48.0. The second-order valence-electron chi connectivity index (χ2n) is 17.6. The van der Waals surface area contributed by atoms with Crippen molar-refractivity contribution < 1.29 is 42.9 Å². The van der Waals surface area contributed by atoms with Crippen LogP contribution >= 0.6 is 0 Å². The largest absolute Gasteiger partial charge is 0.466 e. The molecular formula is C61H66N18O9. The van der Waals surface area contributed by atoms with E-state index in [0.717, 1.165) is 34.0 Å². The van der Waals surface area contributed by atoms with Gasteiger partial charge in [-0.25, -0.2) is 19.1 Å². The number of carbonyl (C=O) groups is 5. The fourth-order valence-corrected chi connectivity index (χ4v) is 7.45. The lowest BCUT2D eigenvalue weighted by atomic mass is 10.2. The van der Waals surface area contributed by atoms with Crippen molar-refractivity contribution in [2.75, 3.05) is 33.0 Å². The van der Waals surface area contributed by atoms with Gasteiger partial charge in [0.15, 0.2) is 6.29 Å². The van der Waals surface area contributed by atoms with Crippen LogP contribution in [0.5, 0.6) is 0 Å². The first-order valence-corrected chi connectivity index (χ1v) is 26.9. The number of rotatable bonds is 22. The Kier molecular flexibility index (Phi) is 30.4. The van der Waals surface area contributed by atoms with Gasteiger partial charge in [0.1, 0.15) is 29.3 Å². The molecule has 0 aliphatic heterocycles. The fraction of sp³-hybridized carbons (Fsp3) is 0.230. The maximum absolute atomic E-state index is 11.7. The van der Waals surface area contributed by atoms with E-state index in [-0.39, 0.29) is 44.5 Å². The van der Waals surface area contributed by atoms with Gasteiger partial charge < -0.3 is 23.9 Å². The average molecular weight is 1200 g/mol. The Bertz CT molecular complexity index is 3690. The second-order valence-corrected chi connectivity index (χ2v) is 17.6. The highest BCUT2D eigenvalue weighted by Crippen LogP contribution is 2.18. The zero-order chi connectivity index (χ0) is 62.4. The number of aldehydes is 1. The van der Waals surface area contributed by atoms with Crippen LogP contribution in [0, 0.1) is 0 Å².